The maximum absolute atomic E-state index is 13.5. The summed E-state index contributed by atoms with van der Waals surface area (Å²) in [5.74, 6) is -0.127. The molecule has 10 heteroatoms. The third-order valence-corrected chi connectivity index (χ3v) is 5.37. The van der Waals surface area contributed by atoms with E-state index in [2.05, 4.69) is 31.4 Å². The maximum Gasteiger partial charge on any atom is 0.332 e. The number of nitrogens with zero attached hydrogens (tertiary/aromatic N) is 5. The second-order valence-corrected chi connectivity index (χ2v) is 7.87. The largest absolute Gasteiger partial charge is 0.332 e. The van der Waals surface area contributed by atoms with Gasteiger partial charge in [-0.05, 0) is 35.4 Å². The quantitative estimate of drug-likeness (QED) is 0.348. The first-order valence-corrected chi connectivity index (χ1v) is 10.1. The molecule has 31 heavy (non-hydrogen) atoms. The van der Waals surface area contributed by atoms with Crippen LogP contribution in [0.5, 0.6) is 0 Å². The van der Waals surface area contributed by atoms with E-state index in [0.717, 1.165) is 14.6 Å². The highest BCUT2D eigenvalue weighted by atomic mass is 79.9. The van der Waals surface area contributed by atoms with Crippen molar-refractivity contribution in [3.63, 3.8) is 0 Å². The van der Waals surface area contributed by atoms with Crippen LogP contribution in [0.25, 0.3) is 11.2 Å². The molecule has 158 valence electrons. The average Bonchev–Trinajstić information content (AvgIpc) is 3.08. The van der Waals surface area contributed by atoms with Crippen molar-refractivity contribution in [1.29, 1.82) is 0 Å². The molecule has 0 saturated heterocycles. The van der Waals surface area contributed by atoms with Crippen LogP contribution in [0.4, 0.5) is 10.3 Å². The Morgan fingerprint density at radius 2 is 1.87 bits per heavy atom. The monoisotopic (exact) mass is 484 g/mol. The molecule has 2 aromatic carbocycles. The Balaban J connectivity index is 1.72. The lowest BCUT2D eigenvalue weighted by atomic mass is 10.2. The van der Waals surface area contributed by atoms with Gasteiger partial charge in [-0.1, -0.05) is 40.2 Å². The number of benzene rings is 2. The van der Waals surface area contributed by atoms with Gasteiger partial charge in [0.2, 0.25) is 5.95 Å². The van der Waals surface area contributed by atoms with Crippen molar-refractivity contribution in [2.45, 2.75) is 6.54 Å². The van der Waals surface area contributed by atoms with E-state index in [1.807, 2.05) is 24.3 Å². The van der Waals surface area contributed by atoms with Gasteiger partial charge in [-0.3, -0.25) is 13.9 Å². The topological polar surface area (TPSA) is 86.2 Å². The number of halogens is 2. The highest BCUT2D eigenvalue weighted by Gasteiger charge is 2.18. The molecule has 4 aromatic rings. The van der Waals surface area contributed by atoms with E-state index in [9.17, 15) is 14.0 Å². The van der Waals surface area contributed by atoms with Crippen LogP contribution in [0, 0.1) is 5.82 Å². The first-order chi connectivity index (χ1) is 14.8. The average molecular weight is 485 g/mol. The summed E-state index contributed by atoms with van der Waals surface area (Å²) in [5.41, 5.74) is 3.62. The maximum atomic E-state index is 13.5. The van der Waals surface area contributed by atoms with Crippen molar-refractivity contribution in [2.75, 3.05) is 5.43 Å². The smallest absolute Gasteiger partial charge is 0.306 e. The summed E-state index contributed by atoms with van der Waals surface area (Å²) in [5, 5.41) is 4.17. The van der Waals surface area contributed by atoms with E-state index in [1.165, 1.54) is 34.4 Å². The SMILES string of the molecule is Cn1c(NN=Cc2ccc(Br)cc2)nc2c1c(=O)n(Cc1cccc(F)c1)c(=O)n2C. The van der Waals surface area contributed by atoms with Gasteiger partial charge in [0.1, 0.15) is 5.82 Å². The Morgan fingerprint density at radius 3 is 2.58 bits per heavy atom. The lowest BCUT2D eigenvalue weighted by molar-refractivity contribution is 0.616. The summed E-state index contributed by atoms with van der Waals surface area (Å²) in [6.45, 7) is -0.0468. The van der Waals surface area contributed by atoms with Crippen LogP contribution < -0.4 is 16.7 Å². The van der Waals surface area contributed by atoms with Gasteiger partial charge in [-0.15, -0.1) is 0 Å². The van der Waals surface area contributed by atoms with Crippen LogP contribution in [-0.2, 0) is 20.6 Å². The Kier molecular flexibility index (Phi) is 5.55. The number of hydrogen-bond acceptors (Lipinski definition) is 5. The summed E-state index contributed by atoms with van der Waals surface area (Å²) in [6.07, 6.45) is 1.62. The van der Waals surface area contributed by atoms with E-state index < -0.39 is 17.1 Å². The van der Waals surface area contributed by atoms with E-state index in [0.29, 0.717) is 11.5 Å². The summed E-state index contributed by atoms with van der Waals surface area (Å²) in [4.78, 5) is 30.2. The molecule has 0 fully saturated rings. The molecule has 1 N–H and O–H groups in total. The zero-order valence-corrected chi connectivity index (χ0v) is 18.3. The molecule has 0 amide bonds. The van der Waals surface area contributed by atoms with Gasteiger partial charge in [0.25, 0.3) is 5.56 Å². The van der Waals surface area contributed by atoms with Crippen LogP contribution in [-0.4, -0.2) is 24.9 Å². The molecule has 4 rings (SSSR count). The normalized spacial score (nSPS) is 11.5. The summed E-state index contributed by atoms with van der Waals surface area (Å²) in [6, 6.07) is 13.4. The third kappa shape index (κ3) is 4.06. The Hall–Kier alpha value is -3.53. The summed E-state index contributed by atoms with van der Waals surface area (Å²) >= 11 is 3.38. The number of nitrogens with one attached hydrogen (secondary N) is 1. The predicted molar refractivity (Wildman–Crippen MR) is 121 cm³/mol. The summed E-state index contributed by atoms with van der Waals surface area (Å²) in [7, 11) is 3.19. The fourth-order valence-corrected chi connectivity index (χ4v) is 3.48. The fraction of sp³-hybridized carbons (Fsp3) is 0.143. The van der Waals surface area contributed by atoms with E-state index in [4.69, 9.17) is 0 Å². The molecule has 0 saturated carbocycles. The molecule has 8 nitrogen and oxygen atoms in total. The van der Waals surface area contributed by atoms with Crippen molar-refractivity contribution in [3.05, 3.63) is 90.8 Å². The molecule has 0 aliphatic rings. The molecule has 0 aliphatic heterocycles. The number of hydrogen-bond donors (Lipinski definition) is 1. The van der Waals surface area contributed by atoms with Crippen molar-refractivity contribution < 1.29 is 4.39 Å². The number of aryl methyl sites for hydroxylation is 2. The lowest BCUT2D eigenvalue weighted by Crippen LogP contribution is -2.39. The zero-order valence-electron chi connectivity index (χ0n) is 16.7. The molecule has 0 unspecified atom stereocenters. The van der Waals surface area contributed by atoms with Gasteiger partial charge in [-0.25, -0.2) is 14.6 Å². The molecule has 0 radical (unpaired) electrons. The van der Waals surface area contributed by atoms with Crippen molar-refractivity contribution in [2.24, 2.45) is 19.2 Å². The fourth-order valence-electron chi connectivity index (χ4n) is 3.21. The number of hydrazone groups is 1. The second kappa shape index (κ2) is 8.31. The van der Waals surface area contributed by atoms with Crippen LogP contribution in [0.15, 0.2) is 67.7 Å². The van der Waals surface area contributed by atoms with E-state index in [1.54, 1.807) is 19.3 Å². The highest BCUT2D eigenvalue weighted by molar-refractivity contribution is 9.10. The van der Waals surface area contributed by atoms with Crippen molar-refractivity contribution in [3.8, 4) is 0 Å². The van der Waals surface area contributed by atoms with Crippen LogP contribution in [0.2, 0.25) is 0 Å². The summed E-state index contributed by atoms with van der Waals surface area (Å²) < 4.78 is 18.4. The van der Waals surface area contributed by atoms with Gasteiger partial charge in [-0.2, -0.15) is 10.1 Å². The van der Waals surface area contributed by atoms with Crippen molar-refractivity contribution in [1.82, 2.24) is 18.7 Å². The lowest BCUT2D eigenvalue weighted by Gasteiger charge is -2.08. The molecule has 2 heterocycles. The molecular weight excluding hydrogens is 467 g/mol. The predicted octanol–water partition coefficient (Wildman–Crippen LogP) is 2.83. The molecule has 0 bridgehead atoms. The van der Waals surface area contributed by atoms with Gasteiger partial charge < -0.3 is 4.57 Å². The van der Waals surface area contributed by atoms with Gasteiger partial charge in [0, 0.05) is 18.6 Å². The molecule has 2 aromatic heterocycles. The van der Waals surface area contributed by atoms with E-state index in [-0.39, 0.29) is 17.7 Å². The first kappa shape index (κ1) is 20.7. The standard InChI is InChI=1S/C21H18BrFN6O2/c1-27-17-18(25-20(27)26-24-11-13-6-8-15(22)9-7-13)28(2)21(31)29(19(17)30)12-14-4-3-5-16(23)10-14/h3-11H,12H2,1-2H3,(H,25,26). The third-order valence-electron chi connectivity index (χ3n) is 4.84. The number of aromatic nitrogens is 4. The second-order valence-electron chi connectivity index (χ2n) is 6.95. The zero-order chi connectivity index (χ0) is 22.1. The highest BCUT2D eigenvalue weighted by Crippen LogP contribution is 2.14. The van der Waals surface area contributed by atoms with Crippen LogP contribution >= 0.6 is 15.9 Å². The Labute approximate surface area is 184 Å². The van der Waals surface area contributed by atoms with Gasteiger partial charge in [0.05, 0.1) is 12.8 Å². The number of rotatable bonds is 5. The van der Waals surface area contributed by atoms with Gasteiger partial charge in [0.15, 0.2) is 11.2 Å². The van der Waals surface area contributed by atoms with Crippen molar-refractivity contribution >= 4 is 39.3 Å². The molecule has 0 atom stereocenters. The molecule has 0 spiro atoms. The van der Waals surface area contributed by atoms with Crippen LogP contribution in [0.1, 0.15) is 11.1 Å². The van der Waals surface area contributed by atoms with Gasteiger partial charge >= 0.3 is 5.69 Å². The van der Waals surface area contributed by atoms with Crippen LogP contribution in [0.3, 0.4) is 0 Å². The first-order valence-electron chi connectivity index (χ1n) is 9.30. The Morgan fingerprint density at radius 1 is 1.13 bits per heavy atom. The minimum atomic E-state index is -0.537. The van der Waals surface area contributed by atoms with E-state index >= 15 is 0 Å². The number of fused-ring (bicyclic) bond motifs is 1. The molecule has 0 aliphatic carbocycles. The number of imidazole rings is 1. The number of anilines is 1. The minimum Gasteiger partial charge on any atom is -0.306 e. The minimum absolute atomic E-state index is 0.0468. The Bertz CT molecular complexity index is 1420. The molecular formula is C21H18BrFN6O2.